The van der Waals surface area contributed by atoms with Crippen LogP contribution in [0.3, 0.4) is 0 Å². The lowest BCUT2D eigenvalue weighted by Gasteiger charge is -2.46. The Morgan fingerprint density at radius 3 is 1.94 bits per heavy atom. The zero-order valence-electron chi connectivity index (χ0n) is 10.3. The van der Waals surface area contributed by atoms with Gasteiger partial charge in [-0.2, -0.15) is 10.5 Å². The van der Waals surface area contributed by atoms with Gasteiger partial charge in [-0.05, 0) is 18.8 Å². The monoisotopic (exact) mass is 245 g/mol. The molecule has 1 heterocycles. The van der Waals surface area contributed by atoms with Gasteiger partial charge in [-0.15, -0.1) is 0 Å². The van der Waals surface area contributed by atoms with Crippen LogP contribution in [0.2, 0.25) is 0 Å². The molecule has 2 amide bonds. The molecule has 0 aromatic rings. The van der Waals surface area contributed by atoms with E-state index in [9.17, 15) is 20.1 Å². The van der Waals surface area contributed by atoms with E-state index in [0.717, 1.165) is 12.8 Å². The second kappa shape index (κ2) is 4.42. The summed E-state index contributed by atoms with van der Waals surface area (Å²) in [7, 11) is 0. The fourth-order valence-corrected chi connectivity index (χ4v) is 3.21. The Morgan fingerprint density at radius 1 is 1.11 bits per heavy atom. The molecule has 0 unspecified atom stereocenters. The third kappa shape index (κ3) is 1.67. The lowest BCUT2D eigenvalue weighted by molar-refractivity contribution is -0.147. The van der Waals surface area contributed by atoms with Crippen LogP contribution < -0.4 is 5.32 Å². The van der Waals surface area contributed by atoms with E-state index in [0.29, 0.717) is 18.8 Å². The summed E-state index contributed by atoms with van der Waals surface area (Å²) < 4.78 is 0. The van der Waals surface area contributed by atoms with Gasteiger partial charge < -0.3 is 0 Å². The van der Waals surface area contributed by atoms with E-state index in [1.54, 1.807) is 0 Å². The highest BCUT2D eigenvalue weighted by Gasteiger charge is 2.56. The average molecular weight is 245 g/mol. The van der Waals surface area contributed by atoms with Crippen molar-refractivity contribution in [2.45, 2.75) is 32.6 Å². The molecule has 94 valence electrons. The summed E-state index contributed by atoms with van der Waals surface area (Å²) in [6.07, 6.45) is 2.92. The molecule has 2 atom stereocenters. The molecular weight excluding hydrogens is 230 g/mol. The summed E-state index contributed by atoms with van der Waals surface area (Å²) >= 11 is 0. The number of hydrogen-bond donors (Lipinski definition) is 1. The molecule has 0 aromatic carbocycles. The summed E-state index contributed by atoms with van der Waals surface area (Å²) in [6, 6.07) is 4.00. The number of nitrogens with zero attached hydrogens (tertiary/aromatic N) is 2. The zero-order chi connectivity index (χ0) is 13.3. The second-order valence-corrected chi connectivity index (χ2v) is 5.39. The molecule has 0 radical (unpaired) electrons. The van der Waals surface area contributed by atoms with Gasteiger partial charge in [0.15, 0.2) is 0 Å². The number of nitrogens with one attached hydrogen (secondary N) is 1. The molecule has 18 heavy (non-hydrogen) atoms. The van der Waals surface area contributed by atoms with Crippen LogP contribution in [-0.2, 0) is 9.59 Å². The maximum absolute atomic E-state index is 11.8. The predicted molar refractivity (Wildman–Crippen MR) is 61.4 cm³/mol. The van der Waals surface area contributed by atoms with Gasteiger partial charge in [0.2, 0.25) is 11.8 Å². The summed E-state index contributed by atoms with van der Waals surface area (Å²) in [6.45, 7) is 2.11. The Labute approximate surface area is 106 Å². The van der Waals surface area contributed by atoms with E-state index in [1.807, 2.05) is 12.1 Å². The number of hydrogen-bond acceptors (Lipinski definition) is 4. The topological polar surface area (TPSA) is 93.8 Å². The van der Waals surface area contributed by atoms with Crippen LogP contribution in [0.1, 0.15) is 32.6 Å². The number of carbonyl (C=O) groups is 2. The molecule has 2 aliphatic rings. The summed E-state index contributed by atoms with van der Waals surface area (Å²) in [5, 5.41) is 20.6. The first-order chi connectivity index (χ1) is 8.55. The maximum atomic E-state index is 11.8. The number of rotatable bonds is 0. The minimum absolute atomic E-state index is 0.523. The molecule has 5 nitrogen and oxygen atoms in total. The minimum Gasteiger partial charge on any atom is -0.294 e. The van der Waals surface area contributed by atoms with Crippen molar-refractivity contribution in [3.63, 3.8) is 0 Å². The number of imide groups is 1. The average Bonchev–Trinajstić information content (AvgIpc) is 2.33. The van der Waals surface area contributed by atoms with E-state index in [1.165, 1.54) is 0 Å². The van der Waals surface area contributed by atoms with Crippen molar-refractivity contribution < 1.29 is 9.59 Å². The van der Waals surface area contributed by atoms with Crippen molar-refractivity contribution in [3.05, 3.63) is 0 Å². The first-order valence-electron chi connectivity index (χ1n) is 6.19. The summed E-state index contributed by atoms with van der Waals surface area (Å²) in [5.41, 5.74) is -0.768. The fourth-order valence-electron chi connectivity index (χ4n) is 3.21. The predicted octanol–water partition coefficient (Wildman–Crippen LogP) is 1.12. The molecule has 5 heteroatoms. The number of nitriles is 2. The first kappa shape index (κ1) is 12.6. The molecule has 1 spiro atoms. The normalized spacial score (nSPS) is 31.5. The largest absolute Gasteiger partial charge is 0.294 e. The van der Waals surface area contributed by atoms with Gasteiger partial charge in [-0.3, -0.25) is 14.9 Å². The van der Waals surface area contributed by atoms with Crippen molar-refractivity contribution in [3.8, 4) is 12.1 Å². The third-order valence-electron chi connectivity index (χ3n) is 4.38. The van der Waals surface area contributed by atoms with Gasteiger partial charge in [-0.1, -0.05) is 19.8 Å². The lowest BCUT2D eigenvalue weighted by Crippen LogP contribution is -2.58. The van der Waals surface area contributed by atoms with Crippen LogP contribution in [0.15, 0.2) is 0 Å². The highest BCUT2D eigenvalue weighted by molar-refractivity contribution is 6.03. The van der Waals surface area contributed by atoms with E-state index in [4.69, 9.17) is 0 Å². The van der Waals surface area contributed by atoms with Crippen molar-refractivity contribution in [1.29, 1.82) is 10.5 Å². The molecule has 0 bridgehead atoms. The van der Waals surface area contributed by atoms with Crippen LogP contribution in [-0.4, -0.2) is 11.8 Å². The molecule has 2 fully saturated rings. The standard InChI is InChI=1S/C13H15N3O2/c1-8-2-4-13(5-3-8)9(6-14)11(17)16-12(18)10(13)7-15/h8-10H,2-5H2,1H3,(H,16,17,18)/t9-,10-/m1/s1. The minimum atomic E-state index is -0.882. The highest BCUT2D eigenvalue weighted by Crippen LogP contribution is 2.51. The van der Waals surface area contributed by atoms with Crippen LogP contribution in [0.5, 0.6) is 0 Å². The lowest BCUT2D eigenvalue weighted by atomic mass is 9.56. The van der Waals surface area contributed by atoms with E-state index in [2.05, 4.69) is 12.2 Å². The molecule has 2 rings (SSSR count). The van der Waals surface area contributed by atoms with Crippen molar-refractivity contribution in [2.24, 2.45) is 23.2 Å². The number of amides is 2. The summed E-state index contributed by atoms with van der Waals surface area (Å²) in [4.78, 5) is 23.6. The van der Waals surface area contributed by atoms with Gasteiger partial charge in [0, 0.05) is 5.41 Å². The van der Waals surface area contributed by atoms with Crippen LogP contribution in [0, 0.1) is 45.8 Å². The Hall–Kier alpha value is -1.88. The van der Waals surface area contributed by atoms with Gasteiger partial charge in [0.1, 0.15) is 11.8 Å². The highest BCUT2D eigenvalue weighted by atomic mass is 16.2. The van der Waals surface area contributed by atoms with Crippen LogP contribution in [0.4, 0.5) is 0 Å². The van der Waals surface area contributed by atoms with Crippen LogP contribution >= 0.6 is 0 Å². The first-order valence-corrected chi connectivity index (χ1v) is 6.19. The molecular formula is C13H15N3O2. The van der Waals surface area contributed by atoms with Crippen molar-refractivity contribution in [2.75, 3.05) is 0 Å². The Morgan fingerprint density at radius 2 is 1.56 bits per heavy atom. The van der Waals surface area contributed by atoms with E-state index in [-0.39, 0.29) is 0 Å². The quantitative estimate of drug-likeness (QED) is 0.647. The SMILES string of the molecule is CC1CCC2(CC1)[C@H](C#N)C(=O)NC(=O)[C@H]2C#N. The van der Waals surface area contributed by atoms with Crippen molar-refractivity contribution in [1.82, 2.24) is 5.32 Å². The maximum Gasteiger partial charge on any atom is 0.244 e. The Kier molecular flexibility index (Phi) is 3.09. The van der Waals surface area contributed by atoms with Crippen LogP contribution in [0.25, 0.3) is 0 Å². The van der Waals surface area contributed by atoms with Gasteiger partial charge in [0.05, 0.1) is 12.1 Å². The third-order valence-corrected chi connectivity index (χ3v) is 4.38. The summed E-state index contributed by atoms with van der Waals surface area (Å²) in [5.74, 6) is -2.32. The van der Waals surface area contributed by atoms with Crippen molar-refractivity contribution >= 4 is 11.8 Å². The number of piperidine rings is 1. The molecule has 1 saturated heterocycles. The van der Waals surface area contributed by atoms with Gasteiger partial charge >= 0.3 is 0 Å². The van der Waals surface area contributed by atoms with Gasteiger partial charge in [-0.25, -0.2) is 0 Å². The van der Waals surface area contributed by atoms with E-state index < -0.39 is 29.1 Å². The molecule has 1 saturated carbocycles. The zero-order valence-corrected chi connectivity index (χ0v) is 10.3. The smallest absolute Gasteiger partial charge is 0.244 e. The molecule has 0 aromatic heterocycles. The number of carbonyl (C=O) groups excluding carboxylic acids is 2. The van der Waals surface area contributed by atoms with E-state index >= 15 is 0 Å². The fraction of sp³-hybridized carbons (Fsp3) is 0.692. The Bertz CT molecular complexity index is 430. The molecule has 1 N–H and O–H groups in total. The Balaban J connectivity index is 2.43. The van der Waals surface area contributed by atoms with Gasteiger partial charge in [0.25, 0.3) is 0 Å². The molecule has 1 aliphatic heterocycles. The molecule has 1 aliphatic carbocycles. The second-order valence-electron chi connectivity index (χ2n) is 5.39.